The van der Waals surface area contributed by atoms with Crippen molar-refractivity contribution in [2.24, 2.45) is 5.92 Å². The number of nitrogens with one attached hydrogen (secondary N) is 1. The summed E-state index contributed by atoms with van der Waals surface area (Å²) in [5.41, 5.74) is 0. The first-order valence-electron chi connectivity index (χ1n) is 7.38. The van der Waals surface area contributed by atoms with Crippen LogP contribution in [-0.4, -0.2) is 29.7 Å². The lowest BCUT2D eigenvalue weighted by molar-refractivity contribution is 0.394. The molecule has 0 amide bonds. The van der Waals surface area contributed by atoms with E-state index >= 15 is 0 Å². The molecule has 0 fully saturated rings. The first kappa shape index (κ1) is 17.2. The number of rotatable bonds is 9. The van der Waals surface area contributed by atoms with Crippen LogP contribution in [0, 0.1) is 5.92 Å². The Bertz CT molecular complexity index is 405. The molecule has 0 aliphatic carbocycles. The minimum Gasteiger partial charge on any atom is -0.497 e. The molecule has 3 atom stereocenters. The molecule has 0 saturated heterocycles. The number of benzene rings is 1. The van der Waals surface area contributed by atoms with Crippen molar-refractivity contribution in [3.8, 4) is 5.75 Å². The Morgan fingerprint density at radius 2 is 1.90 bits per heavy atom. The molecule has 3 nitrogen and oxygen atoms in total. The third kappa shape index (κ3) is 5.25. The number of hydrogen-bond acceptors (Lipinski definition) is 3. The summed E-state index contributed by atoms with van der Waals surface area (Å²) in [5, 5.41) is 3.53. The van der Waals surface area contributed by atoms with Crippen LogP contribution in [-0.2, 0) is 10.8 Å². The first-order valence-corrected chi connectivity index (χ1v) is 8.70. The molecular formula is C16H27NO2S. The summed E-state index contributed by atoms with van der Waals surface area (Å²) in [4.78, 5) is 0.873. The molecule has 1 rings (SSSR count). The van der Waals surface area contributed by atoms with Gasteiger partial charge in [0.05, 0.1) is 17.9 Å². The molecule has 1 aromatic rings. The Morgan fingerprint density at radius 1 is 1.25 bits per heavy atom. The van der Waals surface area contributed by atoms with Crippen LogP contribution in [0.5, 0.6) is 5.75 Å². The number of ether oxygens (including phenoxy) is 1. The molecular weight excluding hydrogens is 270 g/mol. The van der Waals surface area contributed by atoms with Crippen LogP contribution < -0.4 is 10.1 Å². The van der Waals surface area contributed by atoms with E-state index in [0.29, 0.717) is 17.7 Å². The van der Waals surface area contributed by atoms with Gasteiger partial charge in [-0.15, -0.1) is 0 Å². The predicted molar refractivity (Wildman–Crippen MR) is 85.8 cm³/mol. The van der Waals surface area contributed by atoms with Crippen molar-refractivity contribution in [1.29, 1.82) is 0 Å². The van der Waals surface area contributed by atoms with Gasteiger partial charge in [0.2, 0.25) is 0 Å². The van der Waals surface area contributed by atoms with E-state index in [1.807, 2.05) is 24.3 Å². The van der Waals surface area contributed by atoms with Crippen LogP contribution >= 0.6 is 0 Å². The van der Waals surface area contributed by atoms with Gasteiger partial charge in [-0.05, 0) is 43.1 Å². The highest BCUT2D eigenvalue weighted by atomic mass is 32.2. The van der Waals surface area contributed by atoms with E-state index in [1.54, 1.807) is 7.11 Å². The van der Waals surface area contributed by atoms with E-state index in [1.165, 1.54) is 0 Å². The molecule has 0 aliphatic heterocycles. The molecule has 114 valence electrons. The van der Waals surface area contributed by atoms with Crippen molar-refractivity contribution in [2.75, 3.05) is 19.4 Å². The molecule has 0 spiro atoms. The third-order valence-corrected chi connectivity index (χ3v) is 5.10. The Hall–Kier alpha value is -0.870. The van der Waals surface area contributed by atoms with Gasteiger partial charge in [0.15, 0.2) is 0 Å². The second-order valence-corrected chi connectivity index (χ2v) is 6.63. The molecule has 3 unspecified atom stereocenters. The molecule has 4 heteroatoms. The summed E-state index contributed by atoms with van der Waals surface area (Å²) in [6.07, 6.45) is 2.20. The summed E-state index contributed by atoms with van der Waals surface area (Å²) in [6, 6.07) is 7.82. The highest BCUT2D eigenvalue weighted by Gasteiger charge is 2.18. The second kappa shape index (κ2) is 9.14. The van der Waals surface area contributed by atoms with Gasteiger partial charge in [-0.3, -0.25) is 4.21 Å². The molecule has 20 heavy (non-hydrogen) atoms. The topological polar surface area (TPSA) is 38.3 Å². The fraction of sp³-hybridized carbons (Fsp3) is 0.625. The Balaban J connectivity index is 2.68. The zero-order chi connectivity index (χ0) is 15.0. The fourth-order valence-electron chi connectivity index (χ4n) is 2.03. The van der Waals surface area contributed by atoms with Gasteiger partial charge >= 0.3 is 0 Å². The molecule has 0 aliphatic rings. The molecule has 0 radical (unpaired) electrons. The summed E-state index contributed by atoms with van der Waals surface area (Å²) in [5.74, 6) is 2.00. The summed E-state index contributed by atoms with van der Waals surface area (Å²) >= 11 is 0. The van der Waals surface area contributed by atoms with E-state index in [2.05, 4.69) is 26.1 Å². The monoisotopic (exact) mass is 297 g/mol. The van der Waals surface area contributed by atoms with Crippen LogP contribution in [0.25, 0.3) is 0 Å². The minimum atomic E-state index is -0.967. The third-order valence-electron chi connectivity index (χ3n) is 3.64. The Morgan fingerprint density at radius 3 is 2.40 bits per heavy atom. The zero-order valence-electron chi connectivity index (χ0n) is 13.0. The maximum Gasteiger partial charge on any atom is 0.118 e. The Kier molecular flexibility index (Phi) is 7.85. The predicted octanol–water partition coefficient (Wildman–Crippen LogP) is 3.22. The lowest BCUT2D eigenvalue weighted by Crippen LogP contribution is -2.39. The molecule has 0 saturated carbocycles. The van der Waals surface area contributed by atoms with Crippen molar-refractivity contribution in [3.05, 3.63) is 24.3 Å². The lowest BCUT2D eigenvalue weighted by atomic mass is 10.0. The Labute approximate surface area is 125 Å². The van der Waals surface area contributed by atoms with Crippen LogP contribution in [0.1, 0.15) is 33.6 Å². The minimum absolute atomic E-state index is 0.308. The van der Waals surface area contributed by atoms with Gasteiger partial charge in [-0.25, -0.2) is 0 Å². The maximum absolute atomic E-state index is 12.5. The van der Waals surface area contributed by atoms with Crippen LogP contribution in [0.15, 0.2) is 29.2 Å². The van der Waals surface area contributed by atoms with E-state index < -0.39 is 10.8 Å². The van der Waals surface area contributed by atoms with Gasteiger partial charge in [0.25, 0.3) is 0 Å². The quantitative estimate of drug-likeness (QED) is 0.760. The molecule has 1 N–H and O–H groups in total. The SMILES string of the molecule is CCCNC(CS(=O)c1ccc(OC)cc1)C(C)CC. The van der Waals surface area contributed by atoms with Crippen LogP contribution in [0.2, 0.25) is 0 Å². The largest absolute Gasteiger partial charge is 0.497 e. The lowest BCUT2D eigenvalue weighted by Gasteiger charge is -2.24. The van der Waals surface area contributed by atoms with Gasteiger partial charge in [-0.1, -0.05) is 27.2 Å². The zero-order valence-corrected chi connectivity index (χ0v) is 13.8. The van der Waals surface area contributed by atoms with Crippen molar-refractivity contribution in [2.45, 2.75) is 44.6 Å². The van der Waals surface area contributed by atoms with Crippen molar-refractivity contribution >= 4 is 10.8 Å². The maximum atomic E-state index is 12.5. The van der Waals surface area contributed by atoms with Crippen molar-refractivity contribution < 1.29 is 8.95 Å². The van der Waals surface area contributed by atoms with E-state index in [4.69, 9.17) is 4.74 Å². The second-order valence-electron chi connectivity index (χ2n) is 5.13. The summed E-state index contributed by atoms with van der Waals surface area (Å²) < 4.78 is 17.6. The normalized spacial score (nSPS) is 15.6. The molecule has 0 heterocycles. The number of hydrogen-bond donors (Lipinski definition) is 1. The van der Waals surface area contributed by atoms with Crippen molar-refractivity contribution in [1.82, 2.24) is 5.32 Å². The van der Waals surface area contributed by atoms with Gasteiger partial charge < -0.3 is 10.1 Å². The van der Waals surface area contributed by atoms with Crippen LogP contribution in [0.4, 0.5) is 0 Å². The summed E-state index contributed by atoms with van der Waals surface area (Å²) in [7, 11) is 0.671. The molecule has 1 aromatic carbocycles. The van der Waals surface area contributed by atoms with Gasteiger partial charge in [0.1, 0.15) is 5.75 Å². The molecule has 0 aromatic heterocycles. The number of methoxy groups -OCH3 is 1. The first-order chi connectivity index (χ1) is 9.62. The molecule has 0 bridgehead atoms. The van der Waals surface area contributed by atoms with E-state index in [9.17, 15) is 4.21 Å². The average Bonchev–Trinajstić information content (AvgIpc) is 2.50. The van der Waals surface area contributed by atoms with E-state index in [-0.39, 0.29) is 0 Å². The van der Waals surface area contributed by atoms with E-state index in [0.717, 1.165) is 30.0 Å². The average molecular weight is 297 g/mol. The highest BCUT2D eigenvalue weighted by molar-refractivity contribution is 7.85. The van der Waals surface area contributed by atoms with Gasteiger partial charge in [-0.2, -0.15) is 0 Å². The fourth-order valence-corrected chi connectivity index (χ4v) is 3.43. The summed E-state index contributed by atoms with van der Waals surface area (Å²) in [6.45, 7) is 7.54. The van der Waals surface area contributed by atoms with Gasteiger partial charge in [0, 0.05) is 16.7 Å². The van der Waals surface area contributed by atoms with Crippen molar-refractivity contribution in [3.63, 3.8) is 0 Å². The standard InChI is InChI=1S/C16H27NO2S/c1-5-11-17-16(13(3)6-2)12-20(18)15-9-7-14(19-4)8-10-15/h7-10,13,16-17H,5-6,11-12H2,1-4H3. The smallest absolute Gasteiger partial charge is 0.118 e. The highest BCUT2D eigenvalue weighted by Crippen LogP contribution is 2.17. The van der Waals surface area contributed by atoms with Crippen LogP contribution in [0.3, 0.4) is 0 Å².